The first-order valence-corrected chi connectivity index (χ1v) is 7.06. The Morgan fingerprint density at radius 1 is 1.15 bits per heavy atom. The number of ether oxygens (including phenoxy) is 1. The van der Waals surface area contributed by atoms with Gasteiger partial charge in [-0.25, -0.2) is 0 Å². The molecule has 0 aliphatic rings. The van der Waals surface area contributed by atoms with E-state index in [1.54, 1.807) is 6.92 Å². The van der Waals surface area contributed by atoms with E-state index in [1.807, 2.05) is 56.3 Å². The maximum atomic E-state index is 12.0. The van der Waals surface area contributed by atoms with E-state index in [1.165, 1.54) is 0 Å². The van der Waals surface area contributed by atoms with Crippen molar-refractivity contribution in [2.75, 3.05) is 0 Å². The summed E-state index contributed by atoms with van der Waals surface area (Å²) in [5, 5.41) is 5.07. The Kier molecular flexibility index (Phi) is 4.61. The lowest BCUT2D eigenvalue weighted by Gasteiger charge is -2.18. The molecule has 0 saturated carbocycles. The van der Waals surface area contributed by atoms with Crippen molar-refractivity contribution in [3.63, 3.8) is 0 Å². The van der Waals surface area contributed by atoms with Gasteiger partial charge >= 0.3 is 0 Å². The van der Waals surface area contributed by atoms with Crippen LogP contribution in [0, 0.1) is 0 Å². The van der Waals surface area contributed by atoms with Crippen molar-refractivity contribution < 1.29 is 9.53 Å². The highest BCUT2D eigenvalue weighted by molar-refractivity contribution is 5.89. The fourth-order valence-corrected chi connectivity index (χ4v) is 2.00. The smallest absolute Gasteiger partial charge is 0.260 e. The monoisotopic (exact) mass is 271 g/mol. The maximum Gasteiger partial charge on any atom is 0.260 e. The molecule has 2 aromatic carbocycles. The molecule has 0 aliphatic heterocycles. The zero-order valence-electron chi connectivity index (χ0n) is 12.2. The second-order valence-electron chi connectivity index (χ2n) is 5.06. The van der Waals surface area contributed by atoms with E-state index in [4.69, 9.17) is 4.74 Å². The van der Waals surface area contributed by atoms with Gasteiger partial charge in [-0.3, -0.25) is 4.79 Å². The highest BCUT2D eigenvalue weighted by Crippen LogP contribution is 2.26. The van der Waals surface area contributed by atoms with Gasteiger partial charge in [0.15, 0.2) is 6.10 Å². The average Bonchev–Trinajstić information content (AvgIpc) is 2.47. The van der Waals surface area contributed by atoms with Crippen molar-refractivity contribution >= 4 is 16.7 Å². The lowest BCUT2D eigenvalue weighted by molar-refractivity contribution is -0.127. The van der Waals surface area contributed by atoms with Gasteiger partial charge in [0.25, 0.3) is 5.91 Å². The van der Waals surface area contributed by atoms with Gasteiger partial charge < -0.3 is 10.1 Å². The fourth-order valence-electron chi connectivity index (χ4n) is 2.00. The molecule has 0 spiro atoms. The van der Waals surface area contributed by atoms with Crippen LogP contribution in [-0.4, -0.2) is 18.1 Å². The summed E-state index contributed by atoms with van der Waals surface area (Å²) < 4.78 is 5.82. The van der Waals surface area contributed by atoms with Crippen LogP contribution in [0.15, 0.2) is 42.5 Å². The van der Waals surface area contributed by atoms with Crippen LogP contribution >= 0.6 is 0 Å². The van der Waals surface area contributed by atoms with Crippen molar-refractivity contribution in [2.45, 2.75) is 39.3 Å². The molecule has 20 heavy (non-hydrogen) atoms. The second kappa shape index (κ2) is 6.42. The SMILES string of the molecule is CC[C@@H](C)NC(=O)[C@H](C)Oc1cccc2ccccc12. The first-order chi connectivity index (χ1) is 9.61. The van der Waals surface area contributed by atoms with E-state index in [-0.39, 0.29) is 11.9 Å². The third-order valence-corrected chi connectivity index (χ3v) is 3.42. The molecule has 0 saturated heterocycles. The van der Waals surface area contributed by atoms with Crippen LogP contribution in [-0.2, 0) is 4.79 Å². The van der Waals surface area contributed by atoms with Crippen LogP contribution in [0.5, 0.6) is 5.75 Å². The van der Waals surface area contributed by atoms with Crippen LogP contribution < -0.4 is 10.1 Å². The predicted molar refractivity (Wildman–Crippen MR) is 81.9 cm³/mol. The van der Waals surface area contributed by atoms with E-state index in [0.29, 0.717) is 0 Å². The van der Waals surface area contributed by atoms with Crippen molar-refractivity contribution in [1.82, 2.24) is 5.32 Å². The van der Waals surface area contributed by atoms with Crippen molar-refractivity contribution in [2.24, 2.45) is 0 Å². The van der Waals surface area contributed by atoms with Gasteiger partial charge in [-0.1, -0.05) is 43.3 Å². The number of nitrogens with one attached hydrogen (secondary N) is 1. The summed E-state index contributed by atoms with van der Waals surface area (Å²) in [6.07, 6.45) is 0.405. The summed E-state index contributed by atoms with van der Waals surface area (Å²) in [6, 6.07) is 14.0. The molecular weight excluding hydrogens is 250 g/mol. The third kappa shape index (κ3) is 3.29. The molecule has 0 radical (unpaired) electrons. The summed E-state index contributed by atoms with van der Waals surface area (Å²) in [5.41, 5.74) is 0. The molecule has 3 nitrogen and oxygen atoms in total. The minimum atomic E-state index is -0.505. The number of hydrogen-bond donors (Lipinski definition) is 1. The molecule has 2 rings (SSSR count). The summed E-state index contributed by atoms with van der Waals surface area (Å²) >= 11 is 0. The first kappa shape index (κ1) is 14.4. The molecule has 2 atom stereocenters. The van der Waals surface area contributed by atoms with E-state index in [2.05, 4.69) is 5.32 Å². The zero-order chi connectivity index (χ0) is 14.5. The Morgan fingerprint density at radius 2 is 1.85 bits per heavy atom. The second-order valence-corrected chi connectivity index (χ2v) is 5.06. The number of rotatable bonds is 5. The average molecular weight is 271 g/mol. The molecule has 0 bridgehead atoms. The van der Waals surface area contributed by atoms with E-state index in [0.717, 1.165) is 22.9 Å². The lowest BCUT2D eigenvalue weighted by atomic mass is 10.1. The molecule has 3 heteroatoms. The zero-order valence-corrected chi connectivity index (χ0v) is 12.2. The van der Waals surface area contributed by atoms with E-state index < -0.39 is 6.10 Å². The molecule has 2 aromatic rings. The number of fused-ring (bicyclic) bond motifs is 1. The van der Waals surface area contributed by atoms with Crippen LogP contribution in [0.2, 0.25) is 0 Å². The summed E-state index contributed by atoms with van der Waals surface area (Å²) in [4.78, 5) is 12.0. The Hall–Kier alpha value is -2.03. The molecule has 0 aliphatic carbocycles. The van der Waals surface area contributed by atoms with Gasteiger partial charge in [0.2, 0.25) is 0 Å². The largest absolute Gasteiger partial charge is 0.480 e. The predicted octanol–water partition coefficient (Wildman–Crippen LogP) is 3.52. The summed E-state index contributed by atoms with van der Waals surface area (Å²) in [6.45, 7) is 5.81. The molecule has 106 valence electrons. The highest BCUT2D eigenvalue weighted by Gasteiger charge is 2.17. The molecule has 0 fully saturated rings. The van der Waals surface area contributed by atoms with Gasteiger partial charge in [-0.05, 0) is 31.7 Å². The molecule has 0 heterocycles. The minimum absolute atomic E-state index is 0.0766. The van der Waals surface area contributed by atoms with Crippen LogP contribution in [0.4, 0.5) is 0 Å². The van der Waals surface area contributed by atoms with E-state index in [9.17, 15) is 4.79 Å². The Bertz CT molecular complexity index is 589. The standard InChI is InChI=1S/C17H21NO2/c1-4-12(2)18-17(19)13(3)20-16-11-7-9-14-8-5-6-10-15(14)16/h5-13H,4H2,1-3H3,(H,18,19)/t12-,13+/m1/s1. The number of carbonyl (C=O) groups excluding carboxylic acids is 1. The highest BCUT2D eigenvalue weighted by atomic mass is 16.5. The summed E-state index contributed by atoms with van der Waals surface area (Å²) in [7, 11) is 0. The van der Waals surface area contributed by atoms with E-state index >= 15 is 0 Å². The molecular formula is C17H21NO2. The van der Waals surface area contributed by atoms with Gasteiger partial charge in [-0.15, -0.1) is 0 Å². The summed E-state index contributed by atoms with van der Waals surface area (Å²) in [5.74, 6) is 0.669. The molecule has 0 aromatic heterocycles. The van der Waals surface area contributed by atoms with Gasteiger partial charge in [0.1, 0.15) is 5.75 Å². The van der Waals surface area contributed by atoms with Crippen LogP contribution in [0.1, 0.15) is 27.2 Å². The van der Waals surface area contributed by atoms with Gasteiger partial charge in [0.05, 0.1) is 0 Å². The molecule has 0 unspecified atom stereocenters. The quantitative estimate of drug-likeness (QED) is 0.903. The Labute approximate surface area is 119 Å². The lowest BCUT2D eigenvalue weighted by Crippen LogP contribution is -2.41. The topological polar surface area (TPSA) is 38.3 Å². The normalized spacial score (nSPS) is 13.8. The fraction of sp³-hybridized carbons (Fsp3) is 0.353. The number of amides is 1. The van der Waals surface area contributed by atoms with Gasteiger partial charge in [-0.2, -0.15) is 0 Å². The van der Waals surface area contributed by atoms with Crippen LogP contribution in [0.3, 0.4) is 0 Å². The molecule has 1 N–H and O–H groups in total. The molecule has 1 amide bonds. The van der Waals surface area contributed by atoms with Crippen molar-refractivity contribution in [1.29, 1.82) is 0 Å². The van der Waals surface area contributed by atoms with Gasteiger partial charge in [0, 0.05) is 11.4 Å². The first-order valence-electron chi connectivity index (χ1n) is 7.06. The third-order valence-electron chi connectivity index (χ3n) is 3.42. The van der Waals surface area contributed by atoms with Crippen molar-refractivity contribution in [3.05, 3.63) is 42.5 Å². The number of benzene rings is 2. The number of hydrogen-bond acceptors (Lipinski definition) is 2. The van der Waals surface area contributed by atoms with Crippen molar-refractivity contribution in [3.8, 4) is 5.75 Å². The number of carbonyl (C=O) groups is 1. The Morgan fingerprint density at radius 3 is 2.60 bits per heavy atom. The van der Waals surface area contributed by atoms with Crippen LogP contribution in [0.25, 0.3) is 10.8 Å². The minimum Gasteiger partial charge on any atom is -0.480 e. The maximum absolute atomic E-state index is 12.0. The Balaban J connectivity index is 2.14.